The van der Waals surface area contributed by atoms with Crippen LogP contribution in [0.4, 0.5) is 9.18 Å². The zero-order chi connectivity index (χ0) is 45.0. The van der Waals surface area contributed by atoms with Gasteiger partial charge in [-0.25, -0.2) is 9.59 Å². The molecule has 4 amide bonds. The average Bonchev–Trinajstić information content (AvgIpc) is 3.30. The number of esters is 1. The summed E-state index contributed by atoms with van der Waals surface area (Å²) >= 11 is 0. The van der Waals surface area contributed by atoms with Crippen LogP contribution in [0.15, 0.2) is 164 Å². The summed E-state index contributed by atoms with van der Waals surface area (Å²) in [7, 11) is 0. The molecule has 3 atom stereocenters. The normalized spacial score (nSPS) is 12.9. The number of alkyl carbamates (subject to hydrolysis) is 1. The fraction of sp³-hybridized carbons (Fsp3) is 0.275. The second-order valence-corrected chi connectivity index (χ2v) is 15.4. The molecule has 0 aliphatic rings. The van der Waals surface area contributed by atoms with Crippen molar-refractivity contribution < 1.29 is 37.8 Å². The third-order valence-electron chi connectivity index (χ3n) is 10.2. The summed E-state index contributed by atoms with van der Waals surface area (Å²) in [6.45, 7) is 5.22. The molecule has 0 unspecified atom stereocenters. The van der Waals surface area contributed by atoms with E-state index in [2.05, 4.69) is 21.3 Å². The summed E-state index contributed by atoms with van der Waals surface area (Å²) in [4.78, 5) is 68.0. The highest BCUT2D eigenvalue weighted by Gasteiger charge is 2.38. The molecule has 4 N–H and O–H groups in total. The number of carbonyl (C=O) groups excluding carboxylic acids is 5. The van der Waals surface area contributed by atoms with Gasteiger partial charge in [0, 0.05) is 12.8 Å². The summed E-state index contributed by atoms with van der Waals surface area (Å²) < 4.78 is 25.7. The lowest BCUT2D eigenvalue weighted by atomic mass is 9.77. The predicted octanol–water partition coefficient (Wildman–Crippen LogP) is 7.84. The Morgan fingerprint density at radius 3 is 1.59 bits per heavy atom. The van der Waals surface area contributed by atoms with E-state index in [1.807, 2.05) is 129 Å². The molecule has 0 aromatic heterocycles. The van der Waals surface area contributed by atoms with Crippen LogP contribution in [0.25, 0.3) is 0 Å². The van der Waals surface area contributed by atoms with E-state index in [1.54, 1.807) is 36.4 Å². The van der Waals surface area contributed by atoms with Crippen LogP contribution in [0.1, 0.15) is 67.9 Å². The first-order chi connectivity index (χ1) is 30.5. The Bertz CT molecular complexity index is 2160. The van der Waals surface area contributed by atoms with Gasteiger partial charge in [0.15, 0.2) is 0 Å². The van der Waals surface area contributed by atoms with Crippen LogP contribution >= 0.6 is 0 Å². The molecule has 5 rings (SSSR count). The standard InChI is InChI=1S/C51H55FN4O7/c1-4-62-49(60)43(52)34-42(30-31-46(57)56-51(39-24-14-7-15-25-39,40-26-16-8-17-27-40)41-28-18-9-19-29-41)53-47(58)45(33-37-20-10-5-11-21-37)54-48(59)44(32-36(2)3)55-50(61)63-35-38-22-12-6-13-23-38/h5-29,34,36,42,44-45H,4,30-33,35H2,1-3H3,(H,53,58)(H,54,59)(H,55,61)(H,56,57)/b43-34-/t42-,44-,45-/m0/s1. The van der Waals surface area contributed by atoms with Crippen molar-refractivity contribution in [3.63, 3.8) is 0 Å². The van der Waals surface area contributed by atoms with Crippen molar-refractivity contribution in [1.29, 1.82) is 0 Å². The molecule has 11 nitrogen and oxygen atoms in total. The quantitative estimate of drug-likeness (QED) is 0.0334. The molecule has 0 saturated carbocycles. The van der Waals surface area contributed by atoms with Crippen molar-refractivity contribution in [2.45, 2.75) is 76.7 Å². The van der Waals surface area contributed by atoms with E-state index in [0.29, 0.717) is 5.56 Å². The zero-order valence-corrected chi connectivity index (χ0v) is 35.8. The maximum Gasteiger partial charge on any atom is 0.408 e. The summed E-state index contributed by atoms with van der Waals surface area (Å²) in [6, 6.07) is 43.1. The van der Waals surface area contributed by atoms with Gasteiger partial charge in [0.1, 0.15) is 24.2 Å². The van der Waals surface area contributed by atoms with Gasteiger partial charge in [0.05, 0.1) is 12.6 Å². The highest BCUT2D eigenvalue weighted by atomic mass is 19.1. The van der Waals surface area contributed by atoms with Crippen LogP contribution in [0.5, 0.6) is 0 Å². The molecular weight excluding hydrogens is 800 g/mol. The Labute approximate surface area is 368 Å². The smallest absolute Gasteiger partial charge is 0.408 e. The van der Waals surface area contributed by atoms with Gasteiger partial charge in [0.25, 0.3) is 0 Å². The number of nitrogens with one attached hydrogen (secondary N) is 4. The van der Waals surface area contributed by atoms with E-state index in [4.69, 9.17) is 9.47 Å². The van der Waals surface area contributed by atoms with Crippen LogP contribution in [0.2, 0.25) is 0 Å². The Hall–Kier alpha value is -7.08. The Morgan fingerprint density at radius 2 is 1.10 bits per heavy atom. The molecule has 0 radical (unpaired) electrons. The lowest BCUT2D eigenvalue weighted by molar-refractivity contribution is -0.140. The second kappa shape index (κ2) is 23.8. The predicted molar refractivity (Wildman–Crippen MR) is 239 cm³/mol. The highest BCUT2D eigenvalue weighted by Crippen LogP contribution is 2.37. The molecule has 5 aromatic carbocycles. The highest BCUT2D eigenvalue weighted by molar-refractivity contribution is 5.92. The molecule has 0 fully saturated rings. The van der Waals surface area contributed by atoms with Gasteiger partial charge in [-0.05, 0) is 59.6 Å². The largest absolute Gasteiger partial charge is 0.461 e. The van der Waals surface area contributed by atoms with Crippen molar-refractivity contribution in [3.8, 4) is 0 Å². The number of carbonyl (C=O) groups is 5. The number of hydrogen-bond donors (Lipinski definition) is 4. The molecule has 0 aliphatic heterocycles. The lowest BCUT2D eigenvalue weighted by Gasteiger charge is -2.37. The van der Waals surface area contributed by atoms with Crippen molar-refractivity contribution >= 4 is 29.8 Å². The first kappa shape index (κ1) is 47.0. The van der Waals surface area contributed by atoms with Crippen LogP contribution < -0.4 is 21.3 Å². The zero-order valence-electron chi connectivity index (χ0n) is 35.8. The SMILES string of the molecule is CCOC(=O)/C(F)=C/[C@H](CCC(=O)NC(c1ccccc1)(c1ccccc1)c1ccccc1)NC(=O)[C@H](Cc1ccccc1)NC(=O)[C@H](CC(C)C)NC(=O)OCc1ccccc1. The number of halogens is 1. The average molecular weight is 855 g/mol. The number of amides is 4. The number of rotatable bonds is 21. The first-order valence-electron chi connectivity index (χ1n) is 21.1. The minimum absolute atomic E-state index is 0.0111. The van der Waals surface area contributed by atoms with Gasteiger partial charge in [-0.3, -0.25) is 14.4 Å². The van der Waals surface area contributed by atoms with Crippen molar-refractivity contribution in [1.82, 2.24) is 21.3 Å². The summed E-state index contributed by atoms with van der Waals surface area (Å²) in [5.74, 6) is -4.30. The van der Waals surface area contributed by atoms with Crippen LogP contribution in [0.3, 0.4) is 0 Å². The number of ether oxygens (including phenoxy) is 2. The van der Waals surface area contributed by atoms with E-state index in [0.717, 1.165) is 28.3 Å². The molecule has 0 saturated heterocycles. The van der Waals surface area contributed by atoms with E-state index < -0.39 is 59.3 Å². The Balaban J connectivity index is 1.40. The third kappa shape index (κ3) is 14.0. The summed E-state index contributed by atoms with van der Waals surface area (Å²) in [5.41, 5.74) is 2.72. The molecule has 12 heteroatoms. The summed E-state index contributed by atoms with van der Waals surface area (Å²) in [5, 5.41) is 11.5. The van der Waals surface area contributed by atoms with Gasteiger partial charge in [-0.1, -0.05) is 166 Å². The maximum absolute atomic E-state index is 15.4. The molecule has 5 aromatic rings. The van der Waals surface area contributed by atoms with Crippen molar-refractivity contribution in [3.05, 3.63) is 191 Å². The monoisotopic (exact) mass is 854 g/mol. The van der Waals surface area contributed by atoms with Crippen molar-refractivity contribution in [2.75, 3.05) is 6.61 Å². The first-order valence-corrected chi connectivity index (χ1v) is 21.1. The maximum atomic E-state index is 15.4. The third-order valence-corrected chi connectivity index (χ3v) is 10.2. The minimum Gasteiger partial charge on any atom is -0.461 e. The molecule has 0 heterocycles. The molecular formula is C51H55FN4O7. The van der Waals surface area contributed by atoms with Gasteiger partial charge in [-0.2, -0.15) is 4.39 Å². The Kier molecular flexibility index (Phi) is 17.7. The fourth-order valence-corrected chi connectivity index (χ4v) is 7.21. The molecule has 0 bridgehead atoms. The van der Waals surface area contributed by atoms with Crippen LogP contribution in [0, 0.1) is 5.92 Å². The van der Waals surface area contributed by atoms with Gasteiger partial charge in [0.2, 0.25) is 23.5 Å². The van der Waals surface area contributed by atoms with E-state index in [-0.39, 0.29) is 44.8 Å². The van der Waals surface area contributed by atoms with Crippen molar-refractivity contribution in [2.24, 2.45) is 5.92 Å². The van der Waals surface area contributed by atoms with Crippen LogP contribution in [-0.2, 0) is 47.2 Å². The molecule has 0 aliphatic carbocycles. The fourth-order valence-electron chi connectivity index (χ4n) is 7.21. The summed E-state index contributed by atoms with van der Waals surface area (Å²) in [6.07, 6.45) is -0.000581. The van der Waals surface area contributed by atoms with E-state index in [1.165, 1.54) is 6.92 Å². The van der Waals surface area contributed by atoms with Crippen LogP contribution in [-0.4, -0.2) is 54.5 Å². The molecule has 63 heavy (non-hydrogen) atoms. The van der Waals surface area contributed by atoms with E-state index >= 15 is 4.39 Å². The van der Waals surface area contributed by atoms with Gasteiger partial charge < -0.3 is 30.7 Å². The lowest BCUT2D eigenvalue weighted by Crippen LogP contribution is -2.56. The second-order valence-electron chi connectivity index (χ2n) is 15.4. The van der Waals surface area contributed by atoms with Gasteiger partial charge in [-0.15, -0.1) is 0 Å². The van der Waals surface area contributed by atoms with Gasteiger partial charge >= 0.3 is 12.1 Å². The number of benzene rings is 5. The topological polar surface area (TPSA) is 152 Å². The Morgan fingerprint density at radius 1 is 0.619 bits per heavy atom. The van der Waals surface area contributed by atoms with E-state index in [9.17, 15) is 24.0 Å². The molecule has 328 valence electrons. The number of hydrogen-bond acceptors (Lipinski definition) is 7. The molecule has 0 spiro atoms. The minimum atomic E-state index is -1.26.